The molecule has 1 atom stereocenters. The lowest BCUT2D eigenvalue weighted by molar-refractivity contribution is 0.290. The third-order valence-corrected chi connectivity index (χ3v) is 3.65. The minimum absolute atomic E-state index is 0.141. The predicted octanol–water partition coefficient (Wildman–Crippen LogP) is 1.73. The Morgan fingerprint density at radius 1 is 1.47 bits per heavy atom. The van der Waals surface area contributed by atoms with Gasteiger partial charge in [0, 0.05) is 13.1 Å². The summed E-state index contributed by atoms with van der Waals surface area (Å²) < 4.78 is 7.62. The summed E-state index contributed by atoms with van der Waals surface area (Å²) in [7, 11) is 1.90. The largest absolute Gasteiger partial charge is 0.486 e. The molecule has 0 saturated carbocycles. The Hall–Kier alpha value is -1.88. The maximum atomic E-state index is 6.15. The number of fused-ring (bicyclic) bond motifs is 1. The van der Waals surface area contributed by atoms with Gasteiger partial charge in [-0.05, 0) is 42.5 Å². The van der Waals surface area contributed by atoms with Crippen molar-refractivity contribution < 1.29 is 4.74 Å². The fraction of sp³-hybridized carbons (Fsp3) is 0.429. The zero-order valence-electron chi connectivity index (χ0n) is 11.0. The molecule has 100 valence electrons. The SMILES string of the molecule is Cn1cnnc1COc1ccc2c(c1)C(N)CCC2. The summed E-state index contributed by atoms with van der Waals surface area (Å²) >= 11 is 0. The molecule has 0 aliphatic heterocycles. The standard InChI is InChI=1S/C14H18N4O/c1-18-9-16-17-14(18)8-19-11-6-5-10-3-2-4-13(15)12(10)7-11/h5-7,9,13H,2-4,8,15H2,1H3. The summed E-state index contributed by atoms with van der Waals surface area (Å²) in [5.41, 5.74) is 8.72. The Morgan fingerprint density at radius 2 is 2.37 bits per heavy atom. The summed E-state index contributed by atoms with van der Waals surface area (Å²) in [5, 5.41) is 7.83. The Balaban J connectivity index is 1.75. The highest BCUT2D eigenvalue weighted by molar-refractivity contribution is 5.39. The molecular formula is C14H18N4O. The first-order valence-electron chi connectivity index (χ1n) is 6.58. The van der Waals surface area contributed by atoms with Crippen molar-refractivity contribution in [2.75, 3.05) is 0 Å². The average Bonchev–Trinajstić information content (AvgIpc) is 2.83. The molecule has 0 radical (unpaired) electrons. The van der Waals surface area contributed by atoms with E-state index in [9.17, 15) is 0 Å². The molecule has 0 spiro atoms. The third-order valence-electron chi connectivity index (χ3n) is 3.65. The highest BCUT2D eigenvalue weighted by Gasteiger charge is 2.17. The number of hydrogen-bond donors (Lipinski definition) is 1. The minimum Gasteiger partial charge on any atom is -0.486 e. The van der Waals surface area contributed by atoms with Gasteiger partial charge in [0.15, 0.2) is 5.82 Å². The molecule has 5 nitrogen and oxygen atoms in total. The van der Waals surface area contributed by atoms with Crippen LogP contribution in [-0.2, 0) is 20.1 Å². The summed E-state index contributed by atoms with van der Waals surface area (Å²) in [6, 6.07) is 6.34. The fourth-order valence-corrected chi connectivity index (χ4v) is 2.49. The van der Waals surface area contributed by atoms with Gasteiger partial charge in [0.1, 0.15) is 18.7 Å². The van der Waals surface area contributed by atoms with Crippen molar-refractivity contribution in [3.8, 4) is 5.75 Å². The van der Waals surface area contributed by atoms with E-state index in [1.54, 1.807) is 6.33 Å². The van der Waals surface area contributed by atoms with Crippen LogP contribution in [0.1, 0.15) is 35.8 Å². The molecule has 1 heterocycles. The van der Waals surface area contributed by atoms with Crippen molar-refractivity contribution in [3.63, 3.8) is 0 Å². The van der Waals surface area contributed by atoms with Crippen molar-refractivity contribution in [2.24, 2.45) is 12.8 Å². The lowest BCUT2D eigenvalue weighted by atomic mass is 9.88. The van der Waals surface area contributed by atoms with E-state index in [0.29, 0.717) is 6.61 Å². The van der Waals surface area contributed by atoms with Gasteiger partial charge in [0.25, 0.3) is 0 Å². The van der Waals surface area contributed by atoms with Gasteiger partial charge >= 0.3 is 0 Å². The molecule has 0 fully saturated rings. The number of nitrogens with zero attached hydrogens (tertiary/aromatic N) is 3. The number of rotatable bonds is 3. The smallest absolute Gasteiger partial charge is 0.170 e. The molecule has 3 rings (SSSR count). The van der Waals surface area contributed by atoms with E-state index in [-0.39, 0.29) is 6.04 Å². The van der Waals surface area contributed by atoms with Crippen molar-refractivity contribution in [3.05, 3.63) is 41.5 Å². The first-order chi connectivity index (χ1) is 9.24. The molecule has 1 aliphatic carbocycles. The molecule has 1 unspecified atom stereocenters. The molecule has 1 aromatic carbocycles. The zero-order chi connectivity index (χ0) is 13.2. The van der Waals surface area contributed by atoms with Crippen LogP contribution >= 0.6 is 0 Å². The second-order valence-electron chi connectivity index (χ2n) is 5.01. The molecule has 1 aliphatic rings. The van der Waals surface area contributed by atoms with E-state index in [0.717, 1.165) is 24.4 Å². The molecule has 2 aromatic rings. The maximum Gasteiger partial charge on any atom is 0.170 e. The van der Waals surface area contributed by atoms with E-state index in [1.807, 2.05) is 17.7 Å². The molecule has 2 N–H and O–H groups in total. The lowest BCUT2D eigenvalue weighted by Crippen LogP contribution is -2.17. The van der Waals surface area contributed by atoms with Gasteiger partial charge in [-0.3, -0.25) is 0 Å². The fourth-order valence-electron chi connectivity index (χ4n) is 2.49. The lowest BCUT2D eigenvalue weighted by Gasteiger charge is -2.22. The summed E-state index contributed by atoms with van der Waals surface area (Å²) in [4.78, 5) is 0. The number of aromatic nitrogens is 3. The van der Waals surface area contributed by atoms with Gasteiger partial charge in [0.2, 0.25) is 0 Å². The summed E-state index contributed by atoms with van der Waals surface area (Å²) in [5.74, 6) is 1.65. The second-order valence-corrected chi connectivity index (χ2v) is 5.01. The van der Waals surface area contributed by atoms with Crippen molar-refractivity contribution in [1.82, 2.24) is 14.8 Å². The van der Waals surface area contributed by atoms with E-state index in [2.05, 4.69) is 22.3 Å². The van der Waals surface area contributed by atoms with Gasteiger partial charge < -0.3 is 15.0 Å². The van der Waals surface area contributed by atoms with E-state index in [4.69, 9.17) is 10.5 Å². The highest BCUT2D eigenvalue weighted by Crippen LogP contribution is 2.30. The van der Waals surface area contributed by atoms with Crippen LogP contribution in [0.2, 0.25) is 0 Å². The number of hydrogen-bond acceptors (Lipinski definition) is 4. The van der Waals surface area contributed by atoms with Gasteiger partial charge in [-0.15, -0.1) is 10.2 Å². The van der Waals surface area contributed by atoms with Gasteiger partial charge in [-0.2, -0.15) is 0 Å². The molecule has 1 aromatic heterocycles. The quantitative estimate of drug-likeness (QED) is 0.910. The van der Waals surface area contributed by atoms with Crippen LogP contribution in [0.25, 0.3) is 0 Å². The van der Waals surface area contributed by atoms with Crippen LogP contribution in [0.3, 0.4) is 0 Å². The molecular weight excluding hydrogens is 240 g/mol. The second kappa shape index (κ2) is 5.01. The van der Waals surface area contributed by atoms with Crippen molar-refractivity contribution in [2.45, 2.75) is 31.9 Å². The van der Waals surface area contributed by atoms with E-state index >= 15 is 0 Å². The number of benzene rings is 1. The van der Waals surface area contributed by atoms with Crippen LogP contribution in [0.5, 0.6) is 5.75 Å². The Labute approximate surface area is 112 Å². The first kappa shape index (κ1) is 12.2. The first-order valence-corrected chi connectivity index (χ1v) is 6.58. The number of nitrogens with two attached hydrogens (primary N) is 1. The van der Waals surface area contributed by atoms with Crippen molar-refractivity contribution >= 4 is 0 Å². The predicted molar refractivity (Wildman–Crippen MR) is 71.6 cm³/mol. The Bertz CT molecular complexity index is 579. The van der Waals surface area contributed by atoms with Crippen LogP contribution in [-0.4, -0.2) is 14.8 Å². The van der Waals surface area contributed by atoms with Crippen molar-refractivity contribution in [1.29, 1.82) is 0 Å². The molecule has 0 saturated heterocycles. The van der Waals surface area contributed by atoms with Gasteiger partial charge in [-0.1, -0.05) is 6.07 Å². The van der Waals surface area contributed by atoms with Crippen LogP contribution in [0.4, 0.5) is 0 Å². The summed E-state index contributed by atoms with van der Waals surface area (Å²) in [6.07, 6.45) is 5.01. The van der Waals surface area contributed by atoms with Crippen LogP contribution in [0, 0.1) is 0 Å². The molecule has 0 bridgehead atoms. The van der Waals surface area contributed by atoms with Crippen LogP contribution < -0.4 is 10.5 Å². The molecule has 19 heavy (non-hydrogen) atoms. The monoisotopic (exact) mass is 258 g/mol. The minimum atomic E-state index is 0.141. The van der Waals surface area contributed by atoms with Gasteiger partial charge in [0.05, 0.1) is 0 Å². The van der Waals surface area contributed by atoms with E-state index < -0.39 is 0 Å². The number of ether oxygens (including phenoxy) is 1. The highest BCUT2D eigenvalue weighted by atomic mass is 16.5. The van der Waals surface area contributed by atoms with Crippen LogP contribution in [0.15, 0.2) is 24.5 Å². The number of aryl methyl sites for hydroxylation is 2. The molecule has 0 amide bonds. The zero-order valence-corrected chi connectivity index (χ0v) is 11.0. The topological polar surface area (TPSA) is 66.0 Å². The maximum absolute atomic E-state index is 6.15. The summed E-state index contributed by atoms with van der Waals surface area (Å²) in [6.45, 7) is 0.421. The van der Waals surface area contributed by atoms with Gasteiger partial charge in [-0.25, -0.2) is 0 Å². The average molecular weight is 258 g/mol. The van der Waals surface area contributed by atoms with E-state index in [1.165, 1.54) is 17.5 Å². The normalized spacial score (nSPS) is 18.1. The third kappa shape index (κ3) is 2.46. The Morgan fingerprint density at radius 3 is 3.16 bits per heavy atom. The molecule has 5 heteroatoms. The Kier molecular flexibility index (Phi) is 3.21.